The predicted octanol–water partition coefficient (Wildman–Crippen LogP) is 3.59. The molecule has 0 fully saturated rings. The predicted molar refractivity (Wildman–Crippen MR) is 106 cm³/mol. The molecule has 1 aliphatic heterocycles. The maximum absolute atomic E-state index is 12.8. The molecule has 0 saturated carbocycles. The van der Waals surface area contributed by atoms with Gasteiger partial charge in [0, 0.05) is 30.0 Å². The van der Waals surface area contributed by atoms with Gasteiger partial charge < -0.3 is 4.42 Å². The molecule has 1 aromatic heterocycles. The zero-order chi connectivity index (χ0) is 20.7. The number of amides is 2. The summed E-state index contributed by atoms with van der Waals surface area (Å²) < 4.78 is 5.91. The van der Waals surface area contributed by atoms with E-state index in [1.54, 1.807) is 7.05 Å². The third-order valence-electron chi connectivity index (χ3n) is 5.09. The Morgan fingerprint density at radius 2 is 1.86 bits per heavy atom. The largest absolute Gasteiger partial charge is 0.461 e. The lowest BCUT2D eigenvalue weighted by Gasteiger charge is -2.22. The number of nitrogens with zero attached hydrogens (tertiary/aromatic N) is 3. The van der Waals surface area contributed by atoms with Gasteiger partial charge in [-0.3, -0.25) is 29.5 Å². The molecule has 3 aromatic rings. The number of carbonyl (C=O) groups excluding carboxylic acids is 2. The first kappa shape index (κ1) is 18.8. The summed E-state index contributed by atoms with van der Waals surface area (Å²) in [5, 5.41) is 12.2. The third-order valence-corrected chi connectivity index (χ3v) is 5.09. The van der Waals surface area contributed by atoms with Crippen LogP contribution in [0.2, 0.25) is 0 Å². The van der Waals surface area contributed by atoms with Gasteiger partial charge >= 0.3 is 0 Å². The van der Waals surface area contributed by atoms with Crippen molar-refractivity contribution in [3.05, 3.63) is 75.0 Å². The number of nitro benzene ring substituents is 1. The van der Waals surface area contributed by atoms with Crippen molar-refractivity contribution in [3.8, 4) is 0 Å². The zero-order valence-corrected chi connectivity index (χ0v) is 16.0. The SMILES string of the molecule is CCc1oc2ccccc2c1CN(C)CN1C(=O)c2cccc([N+](=O)[O-])c2C1=O. The molecular weight excluding hydrogens is 374 g/mol. The third kappa shape index (κ3) is 3.07. The summed E-state index contributed by atoms with van der Waals surface area (Å²) in [5.41, 5.74) is 1.39. The highest BCUT2D eigenvalue weighted by molar-refractivity contribution is 6.23. The monoisotopic (exact) mass is 393 g/mol. The number of hydrogen-bond acceptors (Lipinski definition) is 6. The molecule has 2 heterocycles. The molecule has 0 atom stereocenters. The topological polar surface area (TPSA) is 96.9 Å². The Balaban J connectivity index is 1.59. The van der Waals surface area contributed by atoms with Crippen LogP contribution >= 0.6 is 0 Å². The Morgan fingerprint density at radius 1 is 1.10 bits per heavy atom. The minimum atomic E-state index is -0.642. The van der Waals surface area contributed by atoms with Crippen LogP contribution in [-0.4, -0.2) is 40.3 Å². The molecule has 0 aliphatic carbocycles. The highest BCUT2D eigenvalue weighted by Gasteiger charge is 2.41. The summed E-state index contributed by atoms with van der Waals surface area (Å²) in [6.45, 7) is 2.49. The number of furan rings is 1. The van der Waals surface area contributed by atoms with Gasteiger partial charge in [-0.2, -0.15) is 0 Å². The van der Waals surface area contributed by atoms with E-state index in [1.165, 1.54) is 18.2 Å². The fourth-order valence-corrected chi connectivity index (χ4v) is 3.77. The summed E-state index contributed by atoms with van der Waals surface area (Å²) in [7, 11) is 1.79. The Bertz CT molecular complexity index is 1150. The minimum Gasteiger partial charge on any atom is -0.461 e. The molecule has 0 saturated heterocycles. The van der Waals surface area contributed by atoms with Gasteiger partial charge in [-0.1, -0.05) is 31.2 Å². The average Bonchev–Trinajstić information content (AvgIpc) is 3.18. The Morgan fingerprint density at radius 3 is 2.59 bits per heavy atom. The van der Waals surface area contributed by atoms with Gasteiger partial charge in [-0.05, 0) is 19.2 Å². The molecule has 148 valence electrons. The number of rotatable bonds is 6. The van der Waals surface area contributed by atoms with Crippen LogP contribution in [0.15, 0.2) is 46.9 Å². The molecule has 1 aliphatic rings. The number of carbonyl (C=O) groups is 2. The fourth-order valence-electron chi connectivity index (χ4n) is 3.77. The molecule has 0 bridgehead atoms. The smallest absolute Gasteiger partial charge is 0.282 e. The van der Waals surface area contributed by atoms with E-state index in [9.17, 15) is 19.7 Å². The maximum Gasteiger partial charge on any atom is 0.282 e. The summed E-state index contributed by atoms with van der Waals surface area (Å²) in [4.78, 5) is 38.9. The summed E-state index contributed by atoms with van der Waals surface area (Å²) >= 11 is 0. The number of benzene rings is 2. The van der Waals surface area contributed by atoms with Gasteiger partial charge in [0.05, 0.1) is 17.2 Å². The second-order valence-corrected chi connectivity index (χ2v) is 7.00. The molecule has 2 aromatic carbocycles. The standard InChI is InChI=1S/C21H19N3O5/c1-3-17-15(13-7-4-5-10-18(13)29-17)11-22(2)12-23-20(25)14-8-6-9-16(24(27)28)19(14)21(23)26/h4-10H,3,11-12H2,1-2H3. The van der Waals surface area contributed by atoms with Crippen molar-refractivity contribution >= 4 is 28.5 Å². The molecule has 29 heavy (non-hydrogen) atoms. The normalized spacial score (nSPS) is 13.6. The molecule has 0 radical (unpaired) electrons. The van der Waals surface area contributed by atoms with Crippen molar-refractivity contribution in [1.29, 1.82) is 0 Å². The van der Waals surface area contributed by atoms with Crippen LogP contribution in [0, 0.1) is 10.1 Å². The van der Waals surface area contributed by atoms with E-state index in [2.05, 4.69) is 0 Å². The molecule has 4 rings (SSSR count). The molecule has 0 N–H and O–H groups in total. The minimum absolute atomic E-state index is 0.0200. The summed E-state index contributed by atoms with van der Waals surface area (Å²) in [6.07, 6.45) is 0.719. The maximum atomic E-state index is 12.8. The van der Waals surface area contributed by atoms with Gasteiger partial charge in [-0.25, -0.2) is 0 Å². The first-order valence-corrected chi connectivity index (χ1v) is 9.23. The van der Waals surface area contributed by atoms with E-state index in [0.29, 0.717) is 6.54 Å². The highest BCUT2D eigenvalue weighted by Crippen LogP contribution is 2.31. The molecule has 8 heteroatoms. The lowest BCUT2D eigenvalue weighted by atomic mass is 10.1. The number of imide groups is 1. The van der Waals surface area contributed by atoms with Gasteiger partial charge in [0.15, 0.2) is 0 Å². The number of fused-ring (bicyclic) bond motifs is 2. The van der Waals surface area contributed by atoms with Crippen LogP contribution in [0.5, 0.6) is 0 Å². The van der Waals surface area contributed by atoms with Crippen molar-refractivity contribution in [1.82, 2.24) is 9.80 Å². The highest BCUT2D eigenvalue weighted by atomic mass is 16.6. The molecule has 0 spiro atoms. The molecule has 2 amide bonds. The van der Waals surface area contributed by atoms with Crippen molar-refractivity contribution in [2.24, 2.45) is 0 Å². The number of aryl methyl sites for hydroxylation is 1. The fraction of sp³-hybridized carbons (Fsp3) is 0.238. The van der Waals surface area contributed by atoms with Gasteiger partial charge in [0.2, 0.25) is 0 Å². The lowest BCUT2D eigenvalue weighted by Crippen LogP contribution is -2.39. The Kier molecular flexibility index (Phi) is 4.63. The summed E-state index contributed by atoms with van der Waals surface area (Å²) in [5.74, 6) is -0.304. The summed E-state index contributed by atoms with van der Waals surface area (Å²) in [6, 6.07) is 11.8. The van der Waals surface area contributed by atoms with Crippen LogP contribution in [0.1, 0.15) is 39.0 Å². The second kappa shape index (κ2) is 7.14. The van der Waals surface area contributed by atoms with Crippen LogP contribution in [0.3, 0.4) is 0 Å². The van der Waals surface area contributed by atoms with Gasteiger partial charge in [0.25, 0.3) is 17.5 Å². The van der Waals surface area contributed by atoms with E-state index >= 15 is 0 Å². The van der Waals surface area contributed by atoms with Crippen LogP contribution in [0.25, 0.3) is 11.0 Å². The first-order chi connectivity index (χ1) is 13.9. The molecule has 0 unspecified atom stereocenters. The van der Waals surface area contributed by atoms with Crippen molar-refractivity contribution in [3.63, 3.8) is 0 Å². The van der Waals surface area contributed by atoms with Crippen molar-refractivity contribution in [2.75, 3.05) is 13.7 Å². The van der Waals surface area contributed by atoms with Gasteiger partial charge in [0.1, 0.15) is 16.9 Å². The van der Waals surface area contributed by atoms with E-state index in [1.807, 2.05) is 36.1 Å². The Hall–Kier alpha value is -3.52. The number of nitro groups is 1. The first-order valence-electron chi connectivity index (χ1n) is 9.23. The van der Waals surface area contributed by atoms with Gasteiger partial charge in [-0.15, -0.1) is 0 Å². The lowest BCUT2D eigenvalue weighted by molar-refractivity contribution is -0.385. The number of para-hydroxylation sites is 1. The zero-order valence-electron chi connectivity index (χ0n) is 16.0. The van der Waals surface area contributed by atoms with E-state index in [4.69, 9.17) is 4.42 Å². The van der Waals surface area contributed by atoms with E-state index < -0.39 is 16.7 Å². The quantitative estimate of drug-likeness (QED) is 0.361. The van der Waals surface area contributed by atoms with Crippen LogP contribution in [-0.2, 0) is 13.0 Å². The Labute approximate surface area is 166 Å². The molecule has 8 nitrogen and oxygen atoms in total. The molecular formula is C21H19N3O5. The van der Waals surface area contributed by atoms with Crippen molar-refractivity contribution in [2.45, 2.75) is 19.9 Å². The second-order valence-electron chi connectivity index (χ2n) is 7.00. The van der Waals surface area contributed by atoms with Crippen LogP contribution < -0.4 is 0 Å². The number of hydrogen-bond donors (Lipinski definition) is 0. The van der Waals surface area contributed by atoms with E-state index in [0.717, 1.165) is 33.6 Å². The van der Waals surface area contributed by atoms with Crippen molar-refractivity contribution < 1.29 is 18.9 Å². The average molecular weight is 393 g/mol. The van der Waals surface area contributed by atoms with Crippen LogP contribution in [0.4, 0.5) is 5.69 Å². The van der Waals surface area contributed by atoms with E-state index in [-0.39, 0.29) is 23.5 Å².